The summed E-state index contributed by atoms with van der Waals surface area (Å²) in [7, 11) is 0. The van der Waals surface area contributed by atoms with Crippen LogP contribution in [0.1, 0.15) is 26.0 Å². The van der Waals surface area contributed by atoms with Crippen LogP contribution in [-0.4, -0.2) is 0 Å². The molecular formula is C40H26. The Balaban J connectivity index is 1.79. The van der Waals surface area contributed by atoms with Gasteiger partial charge in [0, 0.05) is 0 Å². The highest BCUT2D eigenvalue weighted by Crippen LogP contribution is 2.46. The molecule has 8 aromatic carbocycles. The Morgan fingerprint density at radius 1 is 0.375 bits per heavy atom. The Bertz CT molecular complexity index is 3230. The van der Waals surface area contributed by atoms with E-state index < -0.39 is 153 Å². The van der Waals surface area contributed by atoms with Crippen molar-refractivity contribution in [2.24, 2.45) is 0 Å². The van der Waals surface area contributed by atoms with Crippen molar-refractivity contribution in [1.29, 1.82) is 0 Å². The van der Waals surface area contributed by atoms with Gasteiger partial charge in [0.2, 0.25) is 0 Å². The molecule has 0 aliphatic heterocycles. The second kappa shape index (κ2) is 9.22. The van der Waals surface area contributed by atoms with Crippen LogP contribution in [0.3, 0.4) is 0 Å². The minimum absolute atomic E-state index is 0.0791. The van der Waals surface area contributed by atoms with Crippen LogP contribution in [0, 0.1) is 0 Å². The van der Waals surface area contributed by atoms with Crippen LogP contribution in [-0.2, 0) is 0 Å². The molecule has 0 fully saturated rings. The molecule has 0 saturated heterocycles. The molecule has 0 spiro atoms. The molecule has 0 saturated carbocycles. The smallest absolute Gasteiger partial charge is 0.0622 e. The van der Waals surface area contributed by atoms with Gasteiger partial charge in [-0.1, -0.05) is 145 Å². The van der Waals surface area contributed by atoms with Gasteiger partial charge in [0.25, 0.3) is 0 Å². The van der Waals surface area contributed by atoms with Gasteiger partial charge in [-0.2, -0.15) is 0 Å². The van der Waals surface area contributed by atoms with Gasteiger partial charge in [0.15, 0.2) is 0 Å². The minimum atomic E-state index is -0.840. The zero-order chi connectivity index (χ0) is 43.0. The lowest BCUT2D eigenvalue weighted by atomic mass is 9.83. The van der Waals surface area contributed by atoms with E-state index >= 15 is 0 Å². The highest BCUT2D eigenvalue weighted by molar-refractivity contribution is 6.24. The lowest BCUT2D eigenvalue weighted by Gasteiger charge is -2.20. The Morgan fingerprint density at radius 2 is 1.05 bits per heavy atom. The first-order valence-corrected chi connectivity index (χ1v) is 12.3. The second-order valence-electron chi connectivity index (χ2n) is 9.06. The molecule has 0 aliphatic rings. The largest absolute Gasteiger partial charge is 0.0636 e. The van der Waals surface area contributed by atoms with E-state index in [1.807, 2.05) is 6.07 Å². The third-order valence-corrected chi connectivity index (χ3v) is 6.85. The molecule has 186 valence electrons. The Labute approximate surface area is 260 Å². The predicted molar refractivity (Wildman–Crippen MR) is 173 cm³/mol. The minimum Gasteiger partial charge on any atom is -0.0622 e. The summed E-state index contributed by atoms with van der Waals surface area (Å²) in [5.41, 5.74) is -1.98. The number of hydrogen-bond donors (Lipinski definition) is 0. The first-order valence-electron chi connectivity index (χ1n) is 21.8. The summed E-state index contributed by atoms with van der Waals surface area (Å²) in [6.07, 6.45) is 0. The maximum absolute atomic E-state index is 9.87. The van der Waals surface area contributed by atoms with E-state index in [1.54, 1.807) is 36.4 Å². The summed E-state index contributed by atoms with van der Waals surface area (Å²) in [6, 6.07) is -2.36. The van der Waals surface area contributed by atoms with Crippen LogP contribution in [0.4, 0.5) is 0 Å². The quantitative estimate of drug-likeness (QED) is 0.201. The average molecular weight is 526 g/mol. The number of fused-ring (bicyclic) bond motifs is 4. The van der Waals surface area contributed by atoms with Crippen LogP contribution in [0.5, 0.6) is 0 Å². The van der Waals surface area contributed by atoms with Crippen molar-refractivity contribution in [3.8, 4) is 33.4 Å². The van der Waals surface area contributed by atoms with Crippen LogP contribution in [0.2, 0.25) is 0 Å². The summed E-state index contributed by atoms with van der Waals surface area (Å²) >= 11 is 0. The van der Waals surface area contributed by atoms with Gasteiger partial charge in [-0.05, 0) is 88.6 Å². The van der Waals surface area contributed by atoms with E-state index in [2.05, 4.69) is 0 Å². The van der Waals surface area contributed by atoms with Crippen LogP contribution in [0.15, 0.2) is 157 Å². The first kappa shape index (κ1) is 10.8. The fourth-order valence-electron chi connectivity index (χ4n) is 5.10. The molecule has 8 rings (SSSR count). The first-order chi connectivity index (χ1) is 27.8. The van der Waals surface area contributed by atoms with Crippen LogP contribution < -0.4 is 0 Å². The van der Waals surface area contributed by atoms with Crippen LogP contribution in [0.25, 0.3) is 76.5 Å². The number of rotatable bonds is 3. The van der Waals surface area contributed by atoms with Crippen molar-refractivity contribution >= 4 is 43.1 Å². The molecule has 0 bridgehead atoms. The Morgan fingerprint density at radius 3 is 1.90 bits per heavy atom. The fraction of sp³-hybridized carbons (Fsp3) is 0. The maximum atomic E-state index is 9.87. The van der Waals surface area contributed by atoms with Crippen molar-refractivity contribution < 1.29 is 26.0 Å². The molecular weight excluding hydrogens is 480 g/mol. The summed E-state index contributed by atoms with van der Waals surface area (Å²) in [5.74, 6) is 0. The molecule has 0 heteroatoms. The van der Waals surface area contributed by atoms with Crippen LogP contribution >= 0.6 is 0 Å². The summed E-state index contributed by atoms with van der Waals surface area (Å²) in [6.45, 7) is 0. The van der Waals surface area contributed by atoms with E-state index in [1.165, 1.54) is 0 Å². The second-order valence-corrected chi connectivity index (χ2v) is 9.06. The fourth-order valence-corrected chi connectivity index (χ4v) is 5.10. The zero-order valence-electron chi connectivity index (χ0n) is 39.5. The van der Waals surface area contributed by atoms with E-state index in [4.69, 9.17) is 17.8 Å². The lowest BCUT2D eigenvalue weighted by molar-refractivity contribution is 1.64. The molecule has 40 heavy (non-hydrogen) atoms. The molecule has 0 nitrogen and oxygen atoms in total. The molecule has 0 atom stereocenters. The van der Waals surface area contributed by atoms with Gasteiger partial charge in [-0.15, -0.1) is 0 Å². The normalized spacial score (nSPS) is 18.1. The predicted octanol–water partition coefficient (Wildman–Crippen LogP) is 11.3. The zero-order valence-corrected chi connectivity index (χ0v) is 20.5. The van der Waals surface area contributed by atoms with Gasteiger partial charge < -0.3 is 0 Å². The summed E-state index contributed by atoms with van der Waals surface area (Å²) in [5, 5.41) is -0.953. The van der Waals surface area contributed by atoms with Crippen molar-refractivity contribution in [2.45, 2.75) is 0 Å². The standard InChI is InChI=1S/C40H26/c1-2-11-27(12-3-1)31-23-24-37-38(26-31)39(32-22-21-28-13-4-5-15-30(28)25-32)35-18-8-9-19-36(35)40(37)34-20-10-16-29-14-6-7-17-33(29)34/h1-26H/i1D,2D,3D,6D,7D,8D,9D,10D,11D,12D,14D,16D,17D,18D,19D,20D,23D,24D,26D. The molecule has 8 aromatic rings. The molecule has 0 unspecified atom stereocenters. The van der Waals surface area contributed by atoms with Crippen molar-refractivity contribution in [3.63, 3.8) is 0 Å². The molecule has 0 aliphatic carbocycles. The average Bonchev–Trinajstić information content (AvgIpc) is 3.23. The SMILES string of the molecule is [2H]c1c([2H])c([2H])c(-c2c([2H])c([2H])c3c(-c4c([2H])c([2H])c([2H])c5c([2H])c([2H])c([2H])c([2H])c45)c4c([2H])c([2H])c([2H])c([2H])c4c(-c4ccc5ccccc5c4)c3c2[2H])c([2H])c1[2H]. The molecule has 0 aromatic heterocycles. The van der Waals surface area contributed by atoms with Gasteiger partial charge in [-0.25, -0.2) is 0 Å². The molecule has 0 amide bonds. The Hall–Kier alpha value is -5.20. The Kier molecular flexibility index (Phi) is 2.48. The molecule has 0 N–H and O–H groups in total. The highest BCUT2D eigenvalue weighted by Gasteiger charge is 2.18. The molecule has 0 heterocycles. The van der Waals surface area contributed by atoms with Gasteiger partial charge in [0.1, 0.15) is 0 Å². The summed E-state index contributed by atoms with van der Waals surface area (Å²) in [4.78, 5) is 0. The van der Waals surface area contributed by atoms with E-state index in [-0.39, 0.29) is 27.3 Å². The molecule has 0 radical (unpaired) electrons. The van der Waals surface area contributed by atoms with Crippen molar-refractivity contribution in [2.75, 3.05) is 0 Å². The van der Waals surface area contributed by atoms with Gasteiger partial charge in [0.05, 0.1) is 26.0 Å². The van der Waals surface area contributed by atoms with Crippen molar-refractivity contribution in [1.82, 2.24) is 0 Å². The van der Waals surface area contributed by atoms with E-state index in [9.17, 15) is 8.22 Å². The number of hydrogen-bond acceptors (Lipinski definition) is 0. The van der Waals surface area contributed by atoms with Gasteiger partial charge >= 0.3 is 0 Å². The van der Waals surface area contributed by atoms with Gasteiger partial charge in [-0.3, -0.25) is 0 Å². The lowest BCUT2D eigenvalue weighted by Crippen LogP contribution is -1.92. The van der Waals surface area contributed by atoms with E-state index in [0.29, 0.717) is 5.39 Å². The topological polar surface area (TPSA) is 0 Å². The van der Waals surface area contributed by atoms with E-state index in [0.717, 1.165) is 5.39 Å². The summed E-state index contributed by atoms with van der Waals surface area (Å²) < 4.78 is 169. The monoisotopic (exact) mass is 525 g/mol. The maximum Gasteiger partial charge on any atom is 0.0636 e. The number of benzene rings is 8. The third kappa shape index (κ3) is 3.61. The third-order valence-electron chi connectivity index (χ3n) is 6.85. The highest BCUT2D eigenvalue weighted by atomic mass is 14.2. The van der Waals surface area contributed by atoms with Crippen molar-refractivity contribution in [3.05, 3.63) is 157 Å².